The summed E-state index contributed by atoms with van der Waals surface area (Å²) in [5.41, 5.74) is 1.10. The molecule has 104 valence electrons. The Morgan fingerprint density at radius 1 is 1.37 bits per heavy atom. The summed E-state index contributed by atoms with van der Waals surface area (Å²) in [5, 5.41) is 18.5. The van der Waals surface area contributed by atoms with Crippen LogP contribution in [0.15, 0.2) is 30.3 Å². The Kier molecular flexibility index (Phi) is 7.12. The van der Waals surface area contributed by atoms with Gasteiger partial charge in [0.1, 0.15) is 0 Å². The van der Waals surface area contributed by atoms with E-state index in [2.05, 4.69) is 6.07 Å². The Bertz CT molecular complexity index is 389. The zero-order valence-corrected chi connectivity index (χ0v) is 11.6. The van der Waals surface area contributed by atoms with Crippen molar-refractivity contribution in [3.8, 4) is 6.07 Å². The SMILES string of the molecule is CC(CC#N)N(C)CC(O)COCc1ccccc1. The van der Waals surface area contributed by atoms with E-state index < -0.39 is 6.10 Å². The van der Waals surface area contributed by atoms with Gasteiger partial charge in [-0.1, -0.05) is 30.3 Å². The van der Waals surface area contributed by atoms with Crippen LogP contribution in [0.2, 0.25) is 0 Å². The lowest BCUT2D eigenvalue weighted by Gasteiger charge is -2.25. The van der Waals surface area contributed by atoms with E-state index in [-0.39, 0.29) is 6.04 Å². The van der Waals surface area contributed by atoms with Crippen LogP contribution in [0.4, 0.5) is 0 Å². The zero-order chi connectivity index (χ0) is 14.1. The Balaban J connectivity index is 2.21. The molecule has 0 saturated heterocycles. The van der Waals surface area contributed by atoms with E-state index in [1.54, 1.807) is 0 Å². The van der Waals surface area contributed by atoms with Crippen LogP contribution < -0.4 is 0 Å². The van der Waals surface area contributed by atoms with Crippen molar-refractivity contribution in [1.82, 2.24) is 4.90 Å². The second kappa shape index (κ2) is 8.65. The van der Waals surface area contributed by atoms with Gasteiger partial charge >= 0.3 is 0 Å². The number of hydrogen-bond donors (Lipinski definition) is 1. The normalized spacial score (nSPS) is 14.1. The monoisotopic (exact) mass is 262 g/mol. The van der Waals surface area contributed by atoms with E-state index in [1.165, 1.54) is 0 Å². The average molecular weight is 262 g/mol. The third-order valence-electron chi connectivity index (χ3n) is 3.06. The predicted molar refractivity (Wildman–Crippen MR) is 74.4 cm³/mol. The van der Waals surface area contributed by atoms with E-state index >= 15 is 0 Å². The molecule has 0 aliphatic rings. The number of benzene rings is 1. The summed E-state index contributed by atoms with van der Waals surface area (Å²) in [6.07, 6.45) is -0.0662. The maximum atomic E-state index is 9.87. The van der Waals surface area contributed by atoms with Gasteiger partial charge in [0.15, 0.2) is 0 Å². The van der Waals surface area contributed by atoms with Gasteiger partial charge in [0.2, 0.25) is 0 Å². The van der Waals surface area contributed by atoms with E-state index in [0.717, 1.165) is 5.56 Å². The van der Waals surface area contributed by atoms with Crippen LogP contribution in [-0.4, -0.2) is 42.4 Å². The fourth-order valence-electron chi connectivity index (χ4n) is 1.74. The van der Waals surface area contributed by atoms with Crippen molar-refractivity contribution in [2.45, 2.75) is 32.1 Å². The topological polar surface area (TPSA) is 56.5 Å². The second-order valence-electron chi connectivity index (χ2n) is 4.81. The summed E-state index contributed by atoms with van der Waals surface area (Å²) < 4.78 is 5.48. The van der Waals surface area contributed by atoms with E-state index in [0.29, 0.717) is 26.2 Å². The molecule has 0 aromatic heterocycles. The molecular weight excluding hydrogens is 240 g/mol. The molecule has 0 aliphatic carbocycles. The van der Waals surface area contributed by atoms with E-state index in [1.807, 2.05) is 49.2 Å². The predicted octanol–water partition coefficient (Wildman–Crippen LogP) is 1.80. The molecule has 4 heteroatoms. The quantitative estimate of drug-likeness (QED) is 0.776. The van der Waals surface area contributed by atoms with Crippen molar-refractivity contribution in [3.05, 3.63) is 35.9 Å². The fraction of sp³-hybridized carbons (Fsp3) is 0.533. The van der Waals surface area contributed by atoms with Crippen molar-refractivity contribution >= 4 is 0 Å². The number of nitrogens with zero attached hydrogens (tertiary/aromatic N) is 2. The van der Waals surface area contributed by atoms with Gasteiger partial charge in [0, 0.05) is 12.6 Å². The number of nitriles is 1. The molecule has 0 spiro atoms. The first-order valence-corrected chi connectivity index (χ1v) is 6.50. The van der Waals surface area contributed by atoms with Crippen LogP contribution in [0, 0.1) is 11.3 Å². The molecule has 19 heavy (non-hydrogen) atoms. The molecule has 4 nitrogen and oxygen atoms in total. The highest BCUT2D eigenvalue weighted by Gasteiger charge is 2.13. The van der Waals surface area contributed by atoms with Crippen molar-refractivity contribution in [2.24, 2.45) is 0 Å². The number of aliphatic hydroxyl groups is 1. The first-order chi connectivity index (χ1) is 9.13. The van der Waals surface area contributed by atoms with E-state index in [9.17, 15) is 5.11 Å². The van der Waals surface area contributed by atoms with Gasteiger partial charge in [-0.2, -0.15) is 5.26 Å². The van der Waals surface area contributed by atoms with Gasteiger partial charge in [0.25, 0.3) is 0 Å². The standard InChI is InChI=1S/C15H22N2O2/c1-13(8-9-16)17(2)10-15(18)12-19-11-14-6-4-3-5-7-14/h3-7,13,15,18H,8,10-12H2,1-2H3. The molecule has 1 rings (SSSR count). The lowest BCUT2D eigenvalue weighted by Crippen LogP contribution is -2.37. The highest BCUT2D eigenvalue weighted by atomic mass is 16.5. The van der Waals surface area contributed by atoms with E-state index in [4.69, 9.17) is 10.00 Å². The molecule has 1 N–H and O–H groups in total. The lowest BCUT2D eigenvalue weighted by molar-refractivity contribution is 0.00895. The Morgan fingerprint density at radius 3 is 2.68 bits per heavy atom. The molecule has 0 amide bonds. The number of likely N-dealkylation sites (N-methyl/N-ethyl adjacent to an activating group) is 1. The van der Waals surface area contributed by atoms with Crippen LogP contribution in [0.1, 0.15) is 18.9 Å². The number of hydrogen-bond acceptors (Lipinski definition) is 4. The number of aliphatic hydroxyl groups excluding tert-OH is 1. The molecule has 0 radical (unpaired) electrons. The number of ether oxygens (including phenoxy) is 1. The third kappa shape index (κ3) is 6.35. The summed E-state index contributed by atoms with van der Waals surface area (Å²) in [5.74, 6) is 0. The van der Waals surface area contributed by atoms with Gasteiger partial charge in [0.05, 0.1) is 31.8 Å². The number of rotatable bonds is 8. The maximum Gasteiger partial charge on any atom is 0.0900 e. The van der Waals surface area contributed by atoms with Crippen LogP contribution >= 0.6 is 0 Å². The third-order valence-corrected chi connectivity index (χ3v) is 3.06. The van der Waals surface area contributed by atoms with Gasteiger partial charge in [-0.25, -0.2) is 0 Å². The van der Waals surface area contributed by atoms with Crippen molar-refractivity contribution < 1.29 is 9.84 Å². The second-order valence-corrected chi connectivity index (χ2v) is 4.81. The zero-order valence-electron chi connectivity index (χ0n) is 11.6. The van der Waals surface area contributed by atoms with Crippen LogP contribution in [0.5, 0.6) is 0 Å². The van der Waals surface area contributed by atoms with Crippen molar-refractivity contribution in [2.75, 3.05) is 20.2 Å². The summed E-state index contributed by atoms with van der Waals surface area (Å²) in [6, 6.07) is 12.2. The minimum Gasteiger partial charge on any atom is -0.389 e. The van der Waals surface area contributed by atoms with Crippen molar-refractivity contribution in [1.29, 1.82) is 5.26 Å². The van der Waals surface area contributed by atoms with Crippen molar-refractivity contribution in [3.63, 3.8) is 0 Å². The molecule has 0 heterocycles. The lowest BCUT2D eigenvalue weighted by atomic mass is 10.2. The molecule has 1 aromatic rings. The first kappa shape index (κ1) is 15.6. The van der Waals surface area contributed by atoms with Gasteiger partial charge in [-0.15, -0.1) is 0 Å². The molecule has 2 atom stereocenters. The van der Waals surface area contributed by atoms with Crippen LogP contribution in [0.25, 0.3) is 0 Å². The Labute approximate surface area is 115 Å². The van der Waals surface area contributed by atoms with Gasteiger partial charge in [-0.3, -0.25) is 0 Å². The minimum absolute atomic E-state index is 0.147. The summed E-state index contributed by atoms with van der Waals surface area (Å²) in [6.45, 7) is 3.30. The molecular formula is C15H22N2O2. The highest BCUT2D eigenvalue weighted by Crippen LogP contribution is 2.04. The molecule has 2 unspecified atom stereocenters. The summed E-state index contributed by atoms with van der Waals surface area (Å²) in [4.78, 5) is 1.97. The molecule has 0 bridgehead atoms. The summed E-state index contributed by atoms with van der Waals surface area (Å²) >= 11 is 0. The maximum absolute atomic E-state index is 9.87. The smallest absolute Gasteiger partial charge is 0.0900 e. The van der Waals surface area contributed by atoms with Crippen LogP contribution in [-0.2, 0) is 11.3 Å². The fourth-order valence-corrected chi connectivity index (χ4v) is 1.74. The first-order valence-electron chi connectivity index (χ1n) is 6.50. The van der Waals surface area contributed by atoms with Crippen LogP contribution in [0.3, 0.4) is 0 Å². The molecule has 0 aliphatic heterocycles. The van der Waals surface area contributed by atoms with Gasteiger partial charge < -0.3 is 14.7 Å². The molecule has 1 aromatic carbocycles. The molecule has 0 saturated carbocycles. The largest absolute Gasteiger partial charge is 0.389 e. The Morgan fingerprint density at radius 2 is 2.05 bits per heavy atom. The highest BCUT2D eigenvalue weighted by molar-refractivity contribution is 5.13. The van der Waals surface area contributed by atoms with Gasteiger partial charge in [-0.05, 0) is 19.5 Å². The Hall–Kier alpha value is -1.41. The molecule has 0 fully saturated rings. The summed E-state index contributed by atoms with van der Waals surface area (Å²) in [7, 11) is 1.91. The average Bonchev–Trinajstić information content (AvgIpc) is 2.40. The minimum atomic E-state index is -0.533.